The Morgan fingerprint density at radius 1 is 1.58 bits per heavy atom. The van der Waals surface area contributed by atoms with Gasteiger partial charge in [0.05, 0.1) is 25.6 Å². The molecule has 0 aromatic heterocycles. The minimum Gasteiger partial charge on any atom is -0.504 e. The molecular weight excluding hydrogens is 160 g/mol. The van der Waals surface area contributed by atoms with E-state index in [0.29, 0.717) is 5.57 Å². The first kappa shape index (κ1) is 9.06. The number of rotatable bonds is 1. The summed E-state index contributed by atoms with van der Waals surface area (Å²) in [7, 11) is 1.47. The fraction of sp³-hybridized carbons (Fsp3) is 0.625. The number of methoxy groups -OCH3 is 1. The number of carbonyl (C=O) groups excluding carboxylic acids is 1. The van der Waals surface area contributed by atoms with Crippen LogP contribution in [0.15, 0.2) is 11.8 Å². The number of hydrogen-bond acceptors (Lipinski definition) is 4. The molecule has 0 spiro atoms. The molecule has 68 valence electrons. The number of hydrogen-bond donors (Lipinski definition) is 0. The Hall–Kier alpha value is -1.03. The van der Waals surface area contributed by atoms with E-state index in [1.165, 1.54) is 13.4 Å². The Morgan fingerprint density at radius 2 is 2.25 bits per heavy atom. The van der Waals surface area contributed by atoms with Gasteiger partial charge < -0.3 is 14.2 Å². The van der Waals surface area contributed by atoms with Gasteiger partial charge >= 0.3 is 5.97 Å². The van der Waals surface area contributed by atoms with Crippen molar-refractivity contribution in [1.29, 1.82) is 0 Å². The van der Waals surface area contributed by atoms with Gasteiger partial charge in [-0.1, -0.05) is 0 Å². The second kappa shape index (κ2) is 3.15. The van der Waals surface area contributed by atoms with E-state index >= 15 is 0 Å². The zero-order valence-electron chi connectivity index (χ0n) is 7.42. The first-order valence-electron chi connectivity index (χ1n) is 3.64. The molecule has 4 heteroatoms. The first-order chi connectivity index (χ1) is 5.55. The number of esters is 1. The molecule has 0 unspecified atom stereocenters. The molecule has 1 fully saturated rings. The van der Waals surface area contributed by atoms with Crippen LogP contribution in [0.2, 0.25) is 0 Å². The molecule has 0 aromatic carbocycles. The lowest BCUT2D eigenvalue weighted by Crippen LogP contribution is -2.38. The van der Waals surface area contributed by atoms with Crippen LogP contribution in [0.3, 0.4) is 0 Å². The summed E-state index contributed by atoms with van der Waals surface area (Å²) in [6.07, 6.45) is 1.33. The molecule has 0 aliphatic carbocycles. The highest BCUT2D eigenvalue weighted by Gasteiger charge is 2.31. The van der Waals surface area contributed by atoms with E-state index < -0.39 is 5.79 Å². The molecule has 0 N–H and O–H groups in total. The summed E-state index contributed by atoms with van der Waals surface area (Å²) in [6.45, 7) is 3.61. The van der Waals surface area contributed by atoms with Gasteiger partial charge in [0, 0.05) is 13.8 Å². The Balaban J connectivity index is 2.66. The molecule has 0 radical (unpaired) electrons. The van der Waals surface area contributed by atoms with E-state index in [4.69, 9.17) is 9.47 Å². The molecule has 0 amide bonds. The van der Waals surface area contributed by atoms with Crippen LogP contribution in [0.5, 0.6) is 0 Å². The summed E-state index contributed by atoms with van der Waals surface area (Å²) in [4.78, 5) is 11.1. The lowest BCUT2D eigenvalue weighted by atomic mass is 10.2. The van der Waals surface area contributed by atoms with Crippen molar-refractivity contribution in [3.05, 3.63) is 11.8 Å². The normalized spacial score (nSPS) is 25.2. The summed E-state index contributed by atoms with van der Waals surface area (Å²) in [6, 6.07) is 0. The third kappa shape index (κ3) is 1.98. The van der Waals surface area contributed by atoms with E-state index in [1.807, 2.05) is 0 Å². The average molecular weight is 172 g/mol. The van der Waals surface area contributed by atoms with Crippen molar-refractivity contribution < 1.29 is 19.0 Å². The molecule has 12 heavy (non-hydrogen) atoms. The highest BCUT2D eigenvalue weighted by Crippen LogP contribution is 2.20. The topological polar surface area (TPSA) is 44.8 Å². The van der Waals surface area contributed by atoms with Crippen molar-refractivity contribution in [2.75, 3.05) is 13.7 Å². The van der Waals surface area contributed by atoms with Crippen LogP contribution in [0.25, 0.3) is 0 Å². The summed E-state index contributed by atoms with van der Waals surface area (Å²) in [5.41, 5.74) is 0.400. The second-order valence-electron chi connectivity index (χ2n) is 2.96. The molecule has 0 atom stereocenters. The van der Waals surface area contributed by atoms with Crippen LogP contribution in [0.4, 0.5) is 0 Å². The van der Waals surface area contributed by atoms with Gasteiger partial charge in [0.25, 0.3) is 0 Å². The maximum absolute atomic E-state index is 11.1. The van der Waals surface area contributed by atoms with Gasteiger partial charge in [-0.3, -0.25) is 0 Å². The van der Waals surface area contributed by atoms with Crippen LogP contribution in [-0.2, 0) is 19.0 Å². The zero-order valence-corrected chi connectivity index (χ0v) is 7.42. The second-order valence-corrected chi connectivity index (χ2v) is 2.96. The Kier molecular flexibility index (Phi) is 2.38. The fourth-order valence-corrected chi connectivity index (χ4v) is 0.853. The standard InChI is InChI=1S/C8H12O4/c1-8(2)11-5-6(4-10-3)7(9)12-8/h4H,5H2,1-3H3/b6-4-. The molecular formula is C8H12O4. The highest BCUT2D eigenvalue weighted by atomic mass is 16.7. The molecule has 0 bridgehead atoms. The van der Waals surface area contributed by atoms with Crippen LogP contribution in [0, 0.1) is 0 Å². The molecule has 1 rings (SSSR count). The minimum absolute atomic E-state index is 0.236. The van der Waals surface area contributed by atoms with Gasteiger partial charge in [-0.15, -0.1) is 0 Å². The smallest absolute Gasteiger partial charge is 0.342 e. The Labute approximate surface area is 71.1 Å². The first-order valence-corrected chi connectivity index (χ1v) is 3.64. The van der Waals surface area contributed by atoms with Crippen LogP contribution in [-0.4, -0.2) is 25.5 Å². The van der Waals surface area contributed by atoms with E-state index in [9.17, 15) is 4.79 Å². The van der Waals surface area contributed by atoms with Crippen molar-refractivity contribution in [3.8, 4) is 0 Å². The lowest BCUT2D eigenvalue weighted by molar-refractivity contribution is -0.224. The number of cyclic esters (lactones) is 1. The van der Waals surface area contributed by atoms with Crippen molar-refractivity contribution in [2.45, 2.75) is 19.6 Å². The minimum atomic E-state index is -0.817. The van der Waals surface area contributed by atoms with E-state index in [1.54, 1.807) is 13.8 Å². The van der Waals surface area contributed by atoms with E-state index in [-0.39, 0.29) is 12.6 Å². The van der Waals surface area contributed by atoms with Crippen molar-refractivity contribution in [3.63, 3.8) is 0 Å². The third-order valence-electron chi connectivity index (χ3n) is 1.44. The lowest BCUT2D eigenvalue weighted by Gasteiger charge is -2.30. The van der Waals surface area contributed by atoms with Gasteiger partial charge in [-0.25, -0.2) is 4.79 Å². The van der Waals surface area contributed by atoms with Crippen LogP contribution in [0.1, 0.15) is 13.8 Å². The van der Waals surface area contributed by atoms with Crippen molar-refractivity contribution in [1.82, 2.24) is 0 Å². The van der Waals surface area contributed by atoms with Gasteiger partial charge in [0.15, 0.2) is 0 Å². The summed E-state index contributed by atoms with van der Waals surface area (Å²) >= 11 is 0. The molecule has 1 aliphatic heterocycles. The highest BCUT2D eigenvalue weighted by molar-refractivity contribution is 5.89. The molecule has 4 nitrogen and oxygen atoms in total. The monoisotopic (exact) mass is 172 g/mol. The maximum Gasteiger partial charge on any atom is 0.342 e. The molecule has 1 heterocycles. The van der Waals surface area contributed by atoms with Crippen molar-refractivity contribution in [2.24, 2.45) is 0 Å². The average Bonchev–Trinajstić information content (AvgIpc) is 1.94. The van der Waals surface area contributed by atoms with Crippen LogP contribution >= 0.6 is 0 Å². The predicted molar refractivity (Wildman–Crippen MR) is 41.2 cm³/mol. The molecule has 0 saturated carbocycles. The van der Waals surface area contributed by atoms with Gasteiger partial charge in [0.2, 0.25) is 5.79 Å². The molecule has 1 saturated heterocycles. The summed E-state index contributed by atoms with van der Waals surface area (Å²) < 4.78 is 14.8. The quantitative estimate of drug-likeness (QED) is 0.334. The largest absolute Gasteiger partial charge is 0.504 e. The van der Waals surface area contributed by atoms with E-state index in [2.05, 4.69) is 4.74 Å². The van der Waals surface area contributed by atoms with E-state index in [0.717, 1.165) is 0 Å². The zero-order chi connectivity index (χ0) is 9.19. The van der Waals surface area contributed by atoms with Gasteiger partial charge in [0.1, 0.15) is 0 Å². The summed E-state index contributed by atoms with van der Waals surface area (Å²) in [5, 5.41) is 0. The van der Waals surface area contributed by atoms with Gasteiger partial charge in [-0.05, 0) is 0 Å². The maximum atomic E-state index is 11.1. The fourth-order valence-electron chi connectivity index (χ4n) is 0.853. The SMILES string of the molecule is CO/C=C1/COC(C)(C)OC1=O. The third-order valence-corrected chi connectivity index (χ3v) is 1.44. The molecule has 0 aromatic rings. The number of carbonyl (C=O) groups is 1. The predicted octanol–water partition coefficient (Wildman–Crippen LogP) is 0.826. The van der Waals surface area contributed by atoms with Crippen molar-refractivity contribution >= 4 is 5.97 Å². The number of ether oxygens (including phenoxy) is 3. The Morgan fingerprint density at radius 3 is 2.75 bits per heavy atom. The summed E-state index contributed by atoms with van der Waals surface area (Å²) in [5.74, 6) is -1.20. The van der Waals surface area contributed by atoms with Crippen LogP contribution < -0.4 is 0 Å². The Bertz CT molecular complexity index is 217. The molecule has 1 aliphatic rings. The van der Waals surface area contributed by atoms with Gasteiger partial charge in [-0.2, -0.15) is 0 Å².